The molecule has 8 nitrogen and oxygen atoms in total. The number of rotatable bonds is 5. The molecule has 3 rings (SSSR count). The van der Waals surface area contributed by atoms with Crippen LogP contribution in [0.1, 0.15) is 5.56 Å². The number of amidine groups is 1. The zero-order valence-corrected chi connectivity index (χ0v) is 16.3. The standard InChI is InChI=1S/C19H16N2O3.CH4O3S/c20-19(21)16-7-3-4-8-17(16)23-12-18(22)24-15-10-9-13-5-1-2-6-14(13)11-15;1-5(2,3)4/h1-11H,12H2,(H3,20,21);1H3,(H,2,3,4)/p-1. The van der Waals surface area contributed by atoms with Crippen LogP contribution in [0.4, 0.5) is 0 Å². The van der Waals surface area contributed by atoms with Crippen LogP contribution in [0.15, 0.2) is 66.7 Å². The average Bonchev–Trinajstić information content (AvgIpc) is 2.65. The van der Waals surface area contributed by atoms with Crippen LogP contribution in [0.5, 0.6) is 11.5 Å². The Morgan fingerprint density at radius 1 is 1.03 bits per heavy atom. The van der Waals surface area contributed by atoms with E-state index in [2.05, 4.69) is 0 Å². The molecule has 0 aliphatic rings. The van der Waals surface area contributed by atoms with Gasteiger partial charge in [-0.25, -0.2) is 13.2 Å². The molecular weight excluding hydrogens is 396 g/mol. The molecule has 3 N–H and O–H groups in total. The van der Waals surface area contributed by atoms with Crippen molar-refractivity contribution in [2.75, 3.05) is 12.9 Å². The molecule has 0 radical (unpaired) electrons. The predicted octanol–water partition coefficient (Wildman–Crippen LogP) is 2.27. The Hall–Kier alpha value is -3.43. The third kappa shape index (κ3) is 7.60. The molecule has 0 amide bonds. The van der Waals surface area contributed by atoms with Gasteiger partial charge in [-0.05, 0) is 35.0 Å². The molecule has 0 atom stereocenters. The maximum absolute atomic E-state index is 12.0. The number of hydrogen-bond donors (Lipinski definition) is 2. The minimum atomic E-state index is -3.92. The molecule has 0 aliphatic carbocycles. The van der Waals surface area contributed by atoms with E-state index in [9.17, 15) is 4.79 Å². The zero-order valence-electron chi connectivity index (χ0n) is 15.5. The summed E-state index contributed by atoms with van der Waals surface area (Å²) in [5.41, 5.74) is 5.93. The summed E-state index contributed by atoms with van der Waals surface area (Å²) >= 11 is 0. The summed E-state index contributed by atoms with van der Waals surface area (Å²) in [4.78, 5) is 12.0. The van der Waals surface area contributed by atoms with Crippen LogP contribution in [0.3, 0.4) is 0 Å². The molecule has 0 bridgehead atoms. The SMILES string of the molecule is CS(=O)(=O)[O-].N=C(N)c1ccccc1OCC(=O)Oc1ccc2ccccc2c1. The van der Waals surface area contributed by atoms with E-state index >= 15 is 0 Å². The van der Waals surface area contributed by atoms with Gasteiger partial charge in [0.2, 0.25) is 0 Å². The van der Waals surface area contributed by atoms with Crippen molar-refractivity contribution in [3.8, 4) is 11.5 Å². The fourth-order valence-corrected chi connectivity index (χ4v) is 2.34. The highest BCUT2D eigenvalue weighted by atomic mass is 32.2. The molecule has 0 aromatic heterocycles. The molecule has 0 fully saturated rings. The summed E-state index contributed by atoms with van der Waals surface area (Å²) in [6, 6.07) is 20.1. The van der Waals surface area contributed by atoms with E-state index < -0.39 is 16.1 Å². The van der Waals surface area contributed by atoms with E-state index in [0.717, 1.165) is 10.8 Å². The van der Waals surface area contributed by atoms with Gasteiger partial charge in [-0.2, -0.15) is 0 Å². The van der Waals surface area contributed by atoms with Crippen LogP contribution in [-0.4, -0.2) is 37.6 Å². The summed E-state index contributed by atoms with van der Waals surface area (Å²) < 4.78 is 37.9. The summed E-state index contributed by atoms with van der Waals surface area (Å²) in [5.74, 6) is 0.194. The minimum Gasteiger partial charge on any atom is -0.748 e. The van der Waals surface area contributed by atoms with E-state index in [1.54, 1.807) is 36.4 Å². The quantitative estimate of drug-likeness (QED) is 0.214. The first-order valence-corrected chi connectivity index (χ1v) is 10.1. The van der Waals surface area contributed by atoms with Crippen LogP contribution in [0, 0.1) is 5.41 Å². The molecular formula is C20H19N2O6S-. The molecule has 3 aromatic carbocycles. The van der Waals surface area contributed by atoms with Crippen LogP contribution in [-0.2, 0) is 14.9 Å². The number of carbonyl (C=O) groups is 1. The molecule has 29 heavy (non-hydrogen) atoms. The molecule has 0 unspecified atom stereocenters. The fraction of sp³-hybridized carbons (Fsp3) is 0.100. The highest BCUT2D eigenvalue weighted by Crippen LogP contribution is 2.21. The number of fused-ring (bicyclic) bond motifs is 1. The smallest absolute Gasteiger partial charge is 0.349 e. The lowest BCUT2D eigenvalue weighted by Gasteiger charge is -2.10. The number of para-hydroxylation sites is 1. The molecule has 9 heteroatoms. The van der Waals surface area contributed by atoms with Gasteiger partial charge in [-0.3, -0.25) is 5.41 Å². The maximum Gasteiger partial charge on any atom is 0.349 e. The molecule has 0 saturated carbocycles. The zero-order chi connectivity index (χ0) is 21.4. The Labute approximate surface area is 168 Å². The van der Waals surface area contributed by atoms with Gasteiger partial charge < -0.3 is 19.8 Å². The predicted molar refractivity (Wildman–Crippen MR) is 108 cm³/mol. The third-order valence-electron chi connectivity index (χ3n) is 3.48. The lowest BCUT2D eigenvalue weighted by atomic mass is 10.1. The van der Waals surface area contributed by atoms with Crippen molar-refractivity contribution in [1.29, 1.82) is 5.41 Å². The lowest BCUT2D eigenvalue weighted by Crippen LogP contribution is -2.19. The Kier molecular flexibility index (Phi) is 7.29. The van der Waals surface area contributed by atoms with Gasteiger partial charge in [0.25, 0.3) is 0 Å². The van der Waals surface area contributed by atoms with Crippen molar-refractivity contribution in [3.63, 3.8) is 0 Å². The number of esters is 1. The highest BCUT2D eigenvalue weighted by Gasteiger charge is 2.10. The van der Waals surface area contributed by atoms with Crippen molar-refractivity contribution in [2.45, 2.75) is 0 Å². The number of nitrogens with two attached hydrogens (primary N) is 1. The largest absolute Gasteiger partial charge is 0.748 e. The van der Waals surface area contributed by atoms with Crippen LogP contribution < -0.4 is 15.2 Å². The number of carbonyl (C=O) groups excluding carboxylic acids is 1. The van der Waals surface area contributed by atoms with E-state index in [1.165, 1.54) is 0 Å². The molecule has 0 saturated heterocycles. The second-order valence-electron chi connectivity index (χ2n) is 5.89. The molecule has 0 spiro atoms. The first-order chi connectivity index (χ1) is 13.6. The van der Waals surface area contributed by atoms with Gasteiger partial charge >= 0.3 is 5.97 Å². The second kappa shape index (κ2) is 9.67. The number of hydrogen-bond acceptors (Lipinski definition) is 7. The lowest BCUT2D eigenvalue weighted by molar-refractivity contribution is -0.136. The number of nitrogen functional groups attached to an aromatic ring is 1. The Bertz CT molecular complexity index is 1120. The maximum atomic E-state index is 12.0. The Morgan fingerprint density at radius 2 is 1.62 bits per heavy atom. The number of nitrogens with one attached hydrogen (secondary N) is 1. The van der Waals surface area contributed by atoms with Gasteiger partial charge in [0.15, 0.2) is 6.61 Å². The molecule has 0 heterocycles. The first-order valence-electron chi connectivity index (χ1n) is 8.30. The number of benzene rings is 3. The van der Waals surface area contributed by atoms with Crippen molar-refractivity contribution < 1.29 is 27.2 Å². The van der Waals surface area contributed by atoms with Crippen LogP contribution in [0.2, 0.25) is 0 Å². The molecule has 3 aromatic rings. The minimum absolute atomic E-state index is 0.117. The summed E-state index contributed by atoms with van der Waals surface area (Å²) in [6.45, 7) is -0.267. The van der Waals surface area contributed by atoms with E-state index in [0.29, 0.717) is 23.3 Å². The van der Waals surface area contributed by atoms with E-state index in [1.807, 2.05) is 30.3 Å². The second-order valence-corrected chi connectivity index (χ2v) is 7.29. The van der Waals surface area contributed by atoms with Crippen molar-refractivity contribution in [2.24, 2.45) is 5.73 Å². The van der Waals surface area contributed by atoms with Crippen molar-refractivity contribution in [1.82, 2.24) is 0 Å². The normalized spacial score (nSPS) is 10.6. The average molecular weight is 415 g/mol. The summed E-state index contributed by atoms with van der Waals surface area (Å²) in [7, 11) is -3.92. The Balaban J connectivity index is 0.000000537. The first kappa shape index (κ1) is 21.9. The van der Waals surface area contributed by atoms with E-state index in [4.69, 9.17) is 33.6 Å². The topological polar surface area (TPSA) is 143 Å². The summed E-state index contributed by atoms with van der Waals surface area (Å²) in [5, 5.41) is 9.56. The summed E-state index contributed by atoms with van der Waals surface area (Å²) in [6.07, 6.45) is 0.604. The van der Waals surface area contributed by atoms with Crippen LogP contribution >= 0.6 is 0 Å². The van der Waals surface area contributed by atoms with Gasteiger partial charge in [-0.15, -0.1) is 0 Å². The molecule has 152 valence electrons. The highest BCUT2D eigenvalue weighted by molar-refractivity contribution is 7.84. The van der Waals surface area contributed by atoms with Crippen LogP contribution in [0.25, 0.3) is 10.8 Å². The van der Waals surface area contributed by atoms with Gasteiger partial charge in [0.05, 0.1) is 15.7 Å². The Morgan fingerprint density at radius 3 is 2.28 bits per heavy atom. The van der Waals surface area contributed by atoms with Gasteiger partial charge in [0, 0.05) is 6.26 Å². The van der Waals surface area contributed by atoms with Gasteiger partial charge in [-0.1, -0.05) is 42.5 Å². The van der Waals surface area contributed by atoms with Gasteiger partial charge in [0.1, 0.15) is 17.3 Å². The molecule has 0 aliphatic heterocycles. The monoisotopic (exact) mass is 415 g/mol. The van der Waals surface area contributed by atoms with Crippen molar-refractivity contribution in [3.05, 3.63) is 72.3 Å². The fourth-order valence-electron chi connectivity index (χ4n) is 2.34. The van der Waals surface area contributed by atoms with E-state index in [-0.39, 0.29) is 12.4 Å². The number of ether oxygens (including phenoxy) is 2. The van der Waals surface area contributed by atoms with Crippen molar-refractivity contribution >= 4 is 32.7 Å². The third-order valence-corrected chi connectivity index (χ3v) is 3.48.